The maximum atomic E-state index is 13.3. The minimum absolute atomic E-state index is 0.0592. The Morgan fingerprint density at radius 3 is 2.36 bits per heavy atom. The Labute approximate surface area is 219 Å². The van der Waals surface area contributed by atoms with E-state index in [0.29, 0.717) is 16.5 Å². The van der Waals surface area contributed by atoms with Gasteiger partial charge in [0.15, 0.2) is 0 Å². The van der Waals surface area contributed by atoms with Crippen molar-refractivity contribution in [3.8, 4) is 5.75 Å². The molecule has 0 aliphatic carbocycles. The number of hydrogen-bond donors (Lipinski definition) is 1. The Balaban J connectivity index is 2.20. The van der Waals surface area contributed by atoms with Crippen LogP contribution < -0.4 is 14.4 Å². The summed E-state index contributed by atoms with van der Waals surface area (Å²) in [7, 11) is -2.08. The summed E-state index contributed by atoms with van der Waals surface area (Å²) in [5.41, 5.74) is 0.793. The maximum absolute atomic E-state index is 13.3. The third kappa shape index (κ3) is 9.02. The first-order valence-electron chi connectivity index (χ1n) is 11.7. The number of anilines is 1. The molecular formula is C26H36ClN3O5S. The van der Waals surface area contributed by atoms with Crippen LogP contribution in [0.25, 0.3) is 0 Å². The predicted octanol–water partition coefficient (Wildman–Crippen LogP) is 4.23. The average molecular weight is 538 g/mol. The van der Waals surface area contributed by atoms with E-state index in [1.807, 2.05) is 26.8 Å². The van der Waals surface area contributed by atoms with E-state index in [0.717, 1.165) is 11.8 Å². The van der Waals surface area contributed by atoms with Crippen LogP contribution in [0.3, 0.4) is 0 Å². The van der Waals surface area contributed by atoms with E-state index >= 15 is 0 Å². The van der Waals surface area contributed by atoms with E-state index in [4.69, 9.17) is 16.3 Å². The van der Waals surface area contributed by atoms with Gasteiger partial charge in [0, 0.05) is 36.1 Å². The van der Waals surface area contributed by atoms with Crippen molar-refractivity contribution in [1.82, 2.24) is 10.2 Å². The first-order valence-corrected chi connectivity index (χ1v) is 13.9. The Hall–Kier alpha value is -2.78. The van der Waals surface area contributed by atoms with Gasteiger partial charge in [0.25, 0.3) is 0 Å². The van der Waals surface area contributed by atoms with Crippen molar-refractivity contribution in [1.29, 1.82) is 0 Å². The molecule has 0 aliphatic heterocycles. The van der Waals surface area contributed by atoms with Crippen molar-refractivity contribution in [3.63, 3.8) is 0 Å². The first kappa shape index (κ1) is 29.5. The normalized spacial score (nSPS) is 12.5. The number of rotatable bonds is 11. The van der Waals surface area contributed by atoms with E-state index in [-0.39, 0.29) is 37.7 Å². The van der Waals surface area contributed by atoms with Crippen LogP contribution in [0.5, 0.6) is 5.75 Å². The van der Waals surface area contributed by atoms with E-state index < -0.39 is 21.6 Å². The van der Waals surface area contributed by atoms with Crippen LogP contribution in [0, 0.1) is 0 Å². The second-order valence-corrected chi connectivity index (χ2v) is 12.1. The highest BCUT2D eigenvalue weighted by atomic mass is 35.5. The Bertz CT molecular complexity index is 1160. The van der Waals surface area contributed by atoms with Crippen LogP contribution >= 0.6 is 11.6 Å². The van der Waals surface area contributed by atoms with Crippen LogP contribution in [-0.2, 0) is 26.2 Å². The van der Waals surface area contributed by atoms with Gasteiger partial charge in [-0.2, -0.15) is 0 Å². The zero-order valence-corrected chi connectivity index (χ0v) is 23.3. The Morgan fingerprint density at radius 1 is 1.11 bits per heavy atom. The number of amides is 2. The number of sulfonamides is 1. The minimum atomic E-state index is -3.59. The molecule has 2 rings (SSSR count). The molecule has 0 aromatic heterocycles. The molecule has 0 fully saturated rings. The number of nitrogens with one attached hydrogen (secondary N) is 1. The molecule has 36 heavy (non-hydrogen) atoms. The van der Waals surface area contributed by atoms with Crippen molar-refractivity contribution in [2.24, 2.45) is 0 Å². The van der Waals surface area contributed by atoms with Gasteiger partial charge in [-0.05, 0) is 63.9 Å². The monoisotopic (exact) mass is 537 g/mol. The van der Waals surface area contributed by atoms with Crippen LogP contribution in [0.2, 0.25) is 5.02 Å². The maximum Gasteiger partial charge on any atom is 0.242 e. The molecule has 2 aromatic carbocycles. The van der Waals surface area contributed by atoms with E-state index in [1.165, 1.54) is 16.3 Å². The number of methoxy groups -OCH3 is 1. The quantitative estimate of drug-likeness (QED) is 0.463. The van der Waals surface area contributed by atoms with Gasteiger partial charge >= 0.3 is 0 Å². The van der Waals surface area contributed by atoms with Crippen LogP contribution in [0.4, 0.5) is 5.69 Å². The van der Waals surface area contributed by atoms with Gasteiger partial charge < -0.3 is 15.0 Å². The number of carbonyl (C=O) groups excluding carboxylic acids is 2. The summed E-state index contributed by atoms with van der Waals surface area (Å²) in [6.45, 7) is 7.61. The molecule has 1 atom stereocenters. The van der Waals surface area contributed by atoms with Gasteiger partial charge in [0.2, 0.25) is 21.8 Å². The topological polar surface area (TPSA) is 96.0 Å². The molecule has 198 valence electrons. The first-order chi connectivity index (χ1) is 16.7. The van der Waals surface area contributed by atoms with Gasteiger partial charge in [0.1, 0.15) is 11.8 Å². The van der Waals surface area contributed by atoms with Crippen LogP contribution in [0.15, 0.2) is 48.5 Å². The molecule has 0 bridgehead atoms. The summed E-state index contributed by atoms with van der Waals surface area (Å²) in [6.07, 6.45) is 1.45. The molecule has 8 nitrogen and oxygen atoms in total. The lowest BCUT2D eigenvalue weighted by atomic mass is 10.1. The highest BCUT2D eigenvalue weighted by molar-refractivity contribution is 7.92. The SMILES string of the molecule is COc1cccc(N(CCCC(=O)N(Cc2cccc(Cl)c2)[C@@H](C)C(=O)NC(C)(C)C)S(C)(=O)=O)c1. The summed E-state index contributed by atoms with van der Waals surface area (Å²) in [6, 6.07) is 13.1. The fourth-order valence-corrected chi connectivity index (χ4v) is 4.83. The molecule has 0 aliphatic rings. The smallest absolute Gasteiger partial charge is 0.242 e. The lowest BCUT2D eigenvalue weighted by Gasteiger charge is -2.32. The molecule has 0 saturated carbocycles. The molecule has 2 aromatic rings. The van der Waals surface area contributed by atoms with E-state index in [2.05, 4.69) is 5.32 Å². The van der Waals surface area contributed by atoms with Crippen molar-refractivity contribution in [2.45, 2.75) is 58.7 Å². The second kappa shape index (κ2) is 12.5. The summed E-state index contributed by atoms with van der Waals surface area (Å²) < 4.78 is 31.4. The fraction of sp³-hybridized carbons (Fsp3) is 0.462. The third-order valence-electron chi connectivity index (χ3n) is 5.40. The predicted molar refractivity (Wildman–Crippen MR) is 144 cm³/mol. The highest BCUT2D eigenvalue weighted by Gasteiger charge is 2.28. The summed E-state index contributed by atoms with van der Waals surface area (Å²) >= 11 is 6.12. The summed E-state index contributed by atoms with van der Waals surface area (Å²) in [4.78, 5) is 27.7. The zero-order valence-electron chi connectivity index (χ0n) is 21.7. The Morgan fingerprint density at radius 2 is 1.78 bits per heavy atom. The largest absolute Gasteiger partial charge is 0.497 e. The average Bonchev–Trinajstić information content (AvgIpc) is 2.77. The number of halogens is 1. The van der Waals surface area contributed by atoms with Crippen molar-refractivity contribution < 1.29 is 22.7 Å². The standard InChI is InChI=1S/C26H36ClN3O5S/c1-19(25(32)28-26(2,3)4)29(18-20-10-7-11-21(27)16-20)24(31)14-9-15-30(36(6,33)34)22-12-8-13-23(17-22)35-5/h7-8,10-13,16-17,19H,9,14-15,18H2,1-6H3,(H,28,32)/t19-/m0/s1. The third-order valence-corrected chi connectivity index (χ3v) is 6.83. The highest BCUT2D eigenvalue weighted by Crippen LogP contribution is 2.24. The van der Waals surface area contributed by atoms with Gasteiger partial charge in [-0.15, -0.1) is 0 Å². The molecule has 0 heterocycles. The van der Waals surface area contributed by atoms with Crippen molar-refractivity contribution >= 4 is 39.1 Å². The lowest BCUT2D eigenvalue weighted by Crippen LogP contribution is -2.52. The molecule has 0 spiro atoms. The zero-order chi connectivity index (χ0) is 27.1. The number of ether oxygens (including phenoxy) is 1. The molecule has 2 amide bonds. The number of nitrogens with zero attached hydrogens (tertiary/aromatic N) is 2. The molecular weight excluding hydrogens is 502 g/mol. The van der Waals surface area contributed by atoms with Crippen molar-refractivity contribution in [2.75, 3.05) is 24.2 Å². The van der Waals surface area contributed by atoms with Crippen LogP contribution in [-0.4, -0.2) is 56.6 Å². The van der Waals surface area contributed by atoms with E-state index in [9.17, 15) is 18.0 Å². The van der Waals surface area contributed by atoms with Gasteiger partial charge in [-0.25, -0.2) is 8.42 Å². The fourth-order valence-electron chi connectivity index (χ4n) is 3.66. The second-order valence-electron chi connectivity index (χ2n) is 9.71. The number of carbonyl (C=O) groups is 2. The number of benzene rings is 2. The van der Waals surface area contributed by atoms with Gasteiger partial charge in [-0.1, -0.05) is 29.8 Å². The summed E-state index contributed by atoms with van der Waals surface area (Å²) in [5, 5.41) is 3.46. The van der Waals surface area contributed by atoms with Crippen molar-refractivity contribution in [3.05, 3.63) is 59.1 Å². The van der Waals surface area contributed by atoms with Crippen LogP contribution in [0.1, 0.15) is 46.1 Å². The summed E-state index contributed by atoms with van der Waals surface area (Å²) in [5.74, 6) is 0.00116. The van der Waals surface area contributed by atoms with Gasteiger partial charge in [-0.3, -0.25) is 13.9 Å². The number of hydrogen-bond acceptors (Lipinski definition) is 5. The molecule has 1 N–H and O–H groups in total. The molecule has 0 saturated heterocycles. The molecule has 0 unspecified atom stereocenters. The minimum Gasteiger partial charge on any atom is -0.497 e. The van der Waals surface area contributed by atoms with E-state index in [1.54, 1.807) is 49.4 Å². The molecule has 10 heteroatoms. The van der Waals surface area contributed by atoms with Gasteiger partial charge in [0.05, 0.1) is 19.1 Å². The Kier molecular flexibility index (Phi) is 10.2. The molecule has 0 radical (unpaired) electrons. The lowest BCUT2D eigenvalue weighted by molar-refractivity contribution is -0.141.